The van der Waals surface area contributed by atoms with E-state index in [-0.39, 0.29) is 12.4 Å². The molecule has 1 unspecified atom stereocenters. The van der Waals surface area contributed by atoms with Crippen LogP contribution in [0.4, 0.5) is 0 Å². The number of hydrazine groups is 1. The minimum atomic E-state index is -1.56. The quantitative estimate of drug-likeness (QED) is 0.478. The van der Waals surface area contributed by atoms with E-state index in [1.165, 1.54) is 0 Å². The van der Waals surface area contributed by atoms with Gasteiger partial charge in [-0.3, -0.25) is 0 Å². The van der Waals surface area contributed by atoms with Crippen LogP contribution < -0.4 is 10.9 Å². The molecule has 11 heavy (non-hydrogen) atoms. The van der Waals surface area contributed by atoms with E-state index in [4.69, 9.17) is 16.5 Å². The maximum absolute atomic E-state index is 11.3. The number of amides is 1. The molecule has 0 spiro atoms. The predicted molar refractivity (Wildman–Crippen MR) is 35.1 cm³/mol. The minimum absolute atomic E-state index is 0.0818. The Balaban J connectivity index is 2.85. The number of hydrogen-bond acceptors (Lipinski definition) is 2. The molecule has 56 valence electrons. The molecule has 0 aromatic rings. The van der Waals surface area contributed by atoms with Crippen molar-refractivity contribution in [1.82, 2.24) is 10.9 Å². The van der Waals surface area contributed by atoms with Crippen molar-refractivity contribution in [2.75, 3.05) is 0 Å². The van der Waals surface area contributed by atoms with Gasteiger partial charge in [-0.05, 0) is 0 Å². The number of carbonyl (C=O) groups excluding carboxylic acids is 1. The van der Waals surface area contributed by atoms with Crippen molar-refractivity contribution in [2.45, 2.75) is 13.4 Å². The first kappa shape index (κ1) is 11.0. The van der Waals surface area contributed by atoms with Gasteiger partial charge in [0.05, 0.1) is 0 Å². The summed E-state index contributed by atoms with van der Waals surface area (Å²) in [7, 11) is 11.9. The van der Waals surface area contributed by atoms with Crippen LogP contribution in [0.2, 0.25) is 0.432 Å². The Bertz CT molecular complexity index is 175. The van der Waals surface area contributed by atoms with Crippen molar-refractivity contribution in [3.63, 3.8) is 0 Å². The van der Waals surface area contributed by atoms with E-state index in [0.29, 0.717) is 0 Å². The van der Waals surface area contributed by atoms with Gasteiger partial charge < -0.3 is 0 Å². The second kappa shape index (κ2) is 4.40. The third-order valence-electron chi connectivity index (χ3n) is 2.16. The average molecular weight is 570 g/mol. The molecule has 0 aromatic carbocycles. The van der Waals surface area contributed by atoms with Gasteiger partial charge in [-0.25, -0.2) is 0 Å². The molecular formula is C4H6Cl2Hg2N2O. The molecule has 1 aliphatic heterocycles. The zero-order valence-corrected chi connectivity index (χ0v) is 18.7. The van der Waals surface area contributed by atoms with Crippen LogP contribution in [0.15, 0.2) is 0 Å². The molecule has 1 fully saturated rings. The molecule has 0 bridgehead atoms. The molecule has 1 amide bonds. The van der Waals surface area contributed by atoms with Crippen LogP contribution in [0.3, 0.4) is 0 Å². The first-order valence-corrected chi connectivity index (χ1v) is 22.4. The second-order valence-corrected chi connectivity index (χ2v) is 34.4. The van der Waals surface area contributed by atoms with E-state index >= 15 is 0 Å². The van der Waals surface area contributed by atoms with Gasteiger partial charge in [-0.1, -0.05) is 0 Å². The van der Waals surface area contributed by atoms with Gasteiger partial charge in [0.1, 0.15) is 0 Å². The number of carbonyl (C=O) groups is 1. The van der Waals surface area contributed by atoms with Crippen molar-refractivity contribution in [3.05, 3.63) is 0 Å². The van der Waals surface area contributed by atoms with Gasteiger partial charge in [0.2, 0.25) is 0 Å². The molecule has 0 aliphatic carbocycles. The summed E-state index contributed by atoms with van der Waals surface area (Å²) in [5.41, 5.74) is 5.52. The fourth-order valence-electron chi connectivity index (χ4n) is 1.02. The molecule has 0 aromatic heterocycles. The summed E-state index contributed by atoms with van der Waals surface area (Å²) in [4.78, 5) is 11.3. The van der Waals surface area contributed by atoms with E-state index in [1.54, 1.807) is 0 Å². The van der Waals surface area contributed by atoms with Crippen LogP contribution in [0.25, 0.3) is 0 Å². The Morgan fingerprint density at radius 2 is 2.09 bits per heavy atom. The summed E-state index contributed by atoms with van der Waals surface area (Å²) in [6.45, 7) is 1.99. The molecular weight excluding hydrogens is 564 g/mol. The van der Waals surface area contributed by atoms with Gasteiger partial charge in [0, 0.05) is 0 Å². The monoisotopic (exact) mass is 572 g/mol. The first-order valence-electron chi connectivity index (χ1n) is 3.35. The van der Waals surface area contributed by atoms with Crippen LogP contribution in [-0.4, -0.2) is 11.9 Å². The molecule has 2 N–H and O–H groups in total. The summed E-state index contributed by atoms with van der Waals surface area (Å²) in [6.07, 6.45) is 0. The van der Waals surface area contributed by atoms with E-state index in [2.05, 4.69) is 10.9 Å². The van der Waals surface area contributed by atoms with E-state index < -0.39 is 46.7 Å². The van der Waals surface area contributed by atoms with Crippen molar-refractivity contribution in [1.29, 1.82) is 0 Å². The molecule has 3 nitrogen and oxygen atoms in total. The summed E-state index contributed by atoms with van der Waals surface area (Å²) >= 11 is -3.12. The topological polar surface area (TPSA) is 41.1 Å². The normalized spacial score (nSPS) is 27.2. The maximum atomic E-state index is 11.3. The van der Waals surface area contributed by atoms with Crippen LogP contribution in [0.5, 0.6) is 0 Å². The third kappa shape index (κ3) is 1.87. The summed E-state index contributed by atoms with van der Waals surface area (Å²) < 4.78 is -0.191. The van der Waals surface area contributed by atoms with Crippen LogP contribution in [-0.2, 0) is 51.5 Å². The number of hydrogen-bond donors (Lipinski definition) is 2. The van der Waals surface area contributed by atoms with Gasteiger partial charge in [-0.2, -0.15) is 0 Å². The third-order valence-corrected chi connectivity index (χ3v) is 60.2. The van der Waals surface area contributed by atoms with Gasteiger partial charge in [0.25, 0.3) is 0 Å². The molecule has 1 aliphatic rings. The van der Waals surface area contributed by atoms with Gasteiger partial charge in [-0.15, -0.1) is 0 Å². The summed E-state index contributed by atoms with van der Waals surface area (Å²) in [5, 5.41) is 0. The van der Waals surface area contributed by atoms with Gasteiger partial charge >= 0.3 is 98.1 Å². The average Bonchev–Trinajstić information content (AvgIpc) is 2.29. The molecule has 7 heteroatoms. The zero-order valence-electron chi connectivity index (χ0n) is 6.16. The Labute approximate surface area is 96.7 Å². The van der Waals surface area contributed by atoms with Gasteiger partial charge in [0.15, 0.2) is 0 Å². The number of rotatable bonds is 2. The second-order valence-electron chi connectivity index (χ2n) is 2.74. The fourth-order valence-corrected chi connectivity index (χ4v) is 36.2. The molecule has 1 rings (SSSR count). The van der Waals surface area contributed by atoms with Crippen LogP contribution in [0, 0.1) is 0 Å². The Morgan fingerprint density at radius 3 is 2.27 bits per heavy atom. The Hall–Kier alpha value is 1.88. The zero-order chi connectivity index (χ0) is 8.48. The SMILES string of the molecule is CC1NNC(=O)[C]1([Hg][Cl])[Hg][Cl]. The van der Waals surface area contributed by atoms with Crippen LogP contribution in [0.1, 0.15) is 6.92 Å². The van der Waals surface area contributed by atoms with E-state index in [0.717, 1.165) is 0 Å². The van der Waals surface area contributed by atoms with Crippen molar-refractivity contribution in [2.24, 2.45) is 0 Å². The standard InChI is InChI=1S/C4H6N2O.2ClH.2Hg/c1-3-2-4(7)6-5-3;;;;/h3,5H,1H3,(H,6,7);2*1H;;/q;;;2*+1/p-2. The number of halogens is 2. The molecule has 0 saturated carbocycles. The Morgan fingerprint density at radius 1 is 1.55 bits per heavy atom. The summed E-state index contributed by atoms with van der Waals surface area (Å²) in [5.74, 6) is 0.0818. The van der Waals surface area contributed by atoms with Crippen molar-refractivity contribution in [3.8, 4) is 0 Å². The predicted octanol–water partition coefficient (Wildman–Crippen LogP) is 0.598. The molecule has 1 heterocycles. The number of nitrogens with one attached hydrogen (secondary N) is 2. The Kier molecular flexibility index (Phi) is 4.38. The molecule has 1 saturated heterocycles. The van der Waals surface area contributed by atoms with Crippen molar-refractivity contribution >= 4 is 22.4 Å². The van der Waals surface area contributed by atoms with E-state index in [9.17, 15) is 4.79 Å². The van der Waals surface area contributed by atoms with Crippen LogP contribution >= 0.6 is 16.5 Å². The fraction of sp³-hybridized carbons (Fsp3) is 0.750. The molecule has 1 atom stereocenters. The summed E-state index contributed by atoms with van der Waals surface area (Å²) in [6, 6.07) is 0.188. The van der Waals surface area contributed by atoms with E-state index in [1.807, 2.05) is 6.92 Å². The molecule has 0 radical (unpaired) electrons. The first-order chi connectivity index (χ1) is 5.17. The van der Waals surface area contributed by atoms with Crippen molar-refractivity contribution < 1.29 is 51.5 Å².